The van der Waals surface area contributed by atoms with Crippen molar-refractivity contribution in [2.24, 2.45) is 0 Å². The molecule has 0 aliphatic heterocycles. The number of fused-ring (bicyclic) bond motifs is 2. The molecule has 0 unspecified atom stereocenters. The summed E-state index contributed by atoms with van der Waals surface area (Å²) >= 11 is 0. The highest BCUT2D eigenvalue weighted by molar-refractivity contribution is 6.00. The number of phenolic OH excluding ortho intramolecular Hbond substituents is 2. The van der Waals surface area contributed by atoms with E-state index in [2.05, 4.69) is 6.07 Å². The van der Waals surface area contributed by atoms with Crippen LogP contribution < -0.4 is 0 Å². The average molecular weight is 366 g/mol. The fraction of sp³-hybridized carbons (Fsp3) is 0.238. The molecule has 138 valence electrons. The van der Waals surface area contributed by atoms with Gasteiger partial charge in [0, 0.05) is 17.0 Å². The smallest absolute Gasteiger partial charge is 0.310 e. The minimum absolute atomic E-state index is 0.000622. The second kappa shape index (κ2) is 6.79. The second-order valence-electron chi connectivity index (χ2n) is 6.69. The Bertz CT molecular complexity index is 1050. The lowest BCUT2D eigenvalue weighted by molar-refractivity contribution is -0.141. The molecule has 2 aromatic carbocycles. The number of esters is 1. The Labute approximate surface area is 155 Å². The number of phenols is 2. The summed E-state index contributed by atoms with van der Waals surface area (Å²) in [5.41, 5.74) is 4.06. The number of hydrogen-bond acceptors (Lipinski definition) is 6. The van der Waals surface area contributed by atoms with Gasteiger partial charge in [0.05, 0.1) is 18.2 Å². The summed E-state index contributed by atoms with van der Waals surface area (Å²) in [6, 6.07) is 7.73. The zero-order chi connectivity index (χ0) is 19.0. The zero-order valence-electron chi connectivity index (χ0n) is 14.5. The van der Waals surface area contributed by atoms with E-state index in [4.69, 9.17) is 9.15 Å². The highest BCUT2D eigenvalue weighted by Crippen LogP contribution is 2.30. The van der Waals surface area contributed by atoms with Gasteiger partial charge in [0.25, 0.3) is 0 Å². The van der Waals surface area contributed by atoms with Crippen LogP contribution in [-0.2, 0) is 28.8 Å². The van der Waals surface area contributed by atoms with E-state index in [9.17, 15) is 19.8 Å². The van der Waals surface area contributed by atoms with E-state index in [-0.39, 0.29) is 23.5 Å². The molecular weight excluding hydrogens is 348 g/mol. The van der Waals surface area contributed by atoms with Crippen LogP contribution in [0.1, 0.15) is 33.5 Å². The first-order chi connectivity index (χ1) is 13.0. The number of Topliss-reactive ketones (excluding diaryl/α,β-unsaturated/α-hetero) is 1. The number of hydrogen-bond donors (Lipinski definition) is 2. The molecule has 2 N–H and O–H groups in total. The van der Waals surface area contributed by atoms with Crippen molar-refractivity contribution >= 4 is 22.7 Å². The highest BCUT2D eigenvalue weighted by Gasteiger charge is 2.18. The van der Waals surface area contributed by atoms with Gasteiger partial charge < -0.3 is 19.4 Å². The fourth-order valence-electron chi connectivity index (χ4n) is 3.47. The lowest BCUT2D eigenvalue weighted by Gasteiger charge is -2.06. The van der Waals surface area contributed by atoms with Gasteiger partial charge in [-0.15, -0.1) is 0 Å². The molecule has 4 rings (SSSR count). The van der Waals surface area contributed by atoms with Crippen molar-refractivity contribution in [3.63, 3.8) is 0 Å². The predicted octanol–water partition coefficient (Wildman–Crippen LogP) is 3.30. The van der Waals surface area contributed by atoms with Crippen LogP contribution in [-0.4, -0.2) is 28.6 Å². The van der Waals surface area contributed by atoms with E-state index in [1.54, 1.807) is 6.26 Å². The van der Waals surface area contributed by atoms with Crippen molar-refractivity contribution in [1.82, 2.24) is 0 Å². The van der Waals surface area contributed by atoms with Gasteiger partial charge in [0.2, 0.25) is 5.78 Å². The summed E-state index contributed by atoms with van der Waals surface area (Å²) in [6.07, 6.45) is 4.77. The van der Waals surface area contributed by atoms with Crippen molar-refractivity contribution in [3.8, 4) is 11.5 Å². The summed E-state index contributed by atoms with van der Waals surface area (Å²) in [5.74, 6) is -1.61. The van der Waals surface area contributed by atoms with Crippen LogP contribution in [0.4, 0.5) is 0 Å². The molecule has 0 spiro atoms. The lowest BCUT2D eigenvalue weighted by Crippen LogP contribution is -2.15. The summed E-state index contributed by atoms with van der Waals surface area (Å²) in [6.45, 7) is -0.484. The fourth-order valence-corrected chi connectivity index (χ4v) is 3.47. The first-order valence-electron chi connectivity index (χ1n) is 8.74. The molecule has 0 fully saturated rings. The maximum Gasteiger partial charge on any atom is 0.310 e. The van der Waals surface area contributed by atoms with Crippen LogP contribution in [0.2, 0.25) is 0 Å². The van der Waals surface area contributed by atoms with Gasteiger partial charge >= 0.3 is 5.97 Å². The van der Waals surface area contributed by atoms with Crippen LogP contribution in [0.25, 0.3) is 11.0 Å². The lowest BCUT2D eigenvalue weighted by atomic mass is 10.0. The minimum atomic E-state index is -0.551. The molecule has 0 amide bonds. The monoisotopic (exact) mass is 366 g/mol. The largest absolute Gasteiger partial charge is 0.508 e. The van der Waals surface area contributed by atoms with Crippen molar-refractivity contribution in [1.29, 1.82) is 0 Å². The van der Waals surface area contributed by atoms with Crippen molar-refractivity contribution in [3.05, 3.63) is 58.8 Å². The number of aryl methyl sites for hydroxylation is 2. The van der Waals surface area contributed by atoms with Gasteiger partial charge in [-0.05, 0) is 54.7 Å². The Morgan fingerprint density at radius 2 is 1.85 bits per heavy atom. The van der Waals surface area contributed by atoms with E-state index in [0.29, 0.717) is 0 Å². The van der Waals surface area contributed by atoms with Crippen LogP contribution in [0, 0.1) is 0 Å². The summed E-state index contributed by atoms with van der Waals surface area (Å²) in [7, 11) is 0. The number of carbonyl (C=O) groups excluding carboxylic acids is 2. The van der Waals surface area contributed by atoms with Crippen molar-refractivity contribution in [2.75, 3.05) is 6.61 Å². The quantitative estimate of drug-likeness (QED) is 0.531. The molecule has 0 saturated heterocycles. The van der Waals surface area contributed by atoms with Gasteiger partial charge in [0.1, 0.15) is 17.1 Å². The molecule has 0 saturated carbocycles. The number of rotatable bonds is 5. The summed E-state index contributed by atoms with van der Waals surface area (Å²) in [4.78, 5) is 24.2. The predicted molar refractivity (Wildman–Crippen MR) is 97.0 cm³/mol. The van der Waals surface area contributed by atoms with Crippen molar-refractivity contribution in [2.45, 2.75) is 25.7 Å². The molecule has 0 bridgehead atoms. The third kappa shape index (κ3) is 3.38. The van der Waals surface area contributed by atoms with Gasteiger partial charge in [-0.2, -0.15) is 0 Å². The zero-order valence-corrected chi connectivity index (χ0v) is 14.5. The number of carbonyl (C=O) groups is 2. The van der Waals surface area contributed by atoms with Crippen molar-refractivity contribution < 1.29 is 29.0 Å². The van der Waals surface area contributed by atoms with Crippen LogP contribution in [0.15, 0.2) is 41.0 Å². The van der Waals surface area contributed by atoms with Gasteiger partial charge in [-0.1, -0.05) is 0 Å². The Kier molecular flexibility index (Phi) is 4.32. The first-order valence-corrected chi connectivity index (χ1v) is 8.74. The Morgan fingerprint density at radius 3 is 2.63 bits per heavy atom. The molecule has 6 heteroatoms. The molecule has 6 nitrogen and oxygen atoms in total. The van der Waals surface area contributed by atoms with Crippen LogP contribution in [0.5, 0.6) is 11.5 Å². The third-order valence-electron chi connectivity index (χ3n) is 4.85. The highest BCUT2D eigenvalue weighted by atomic mass is 16.5. The molecule has 1 aliphatic carbocycles. The Hall–Kier alpha value is -3.28. The van der Waals surface area contributed by atoms with Crippen LogP contribution in [0.3, 0.4) is 0 Å². The Morgan fingerprint density at radius 1 is 1.07 bits per heavy atom. The van der Waals surface area contributed by atoms with E-state index in [0.717, 1.165) is 41.9 Å². The number of ketones is 1. The summed E-state index contributed by atoms with van der Waals surface area (Å²) < 4.78 is 10.6. The number of ether oxygens (including phenoxy) is 1. The normalized spacial score (nSPS) is 12.9. The van der Waals surface area contributed by atoms with Crippen LogP contribution >= 0.6 is 0 Å². The maximum atomic E-state index is 12.1. The minimum Gasteiger partial charge on any atom is -0.508 e. The van der Waals surface area contributed by atoms with Gasteiger partial charge in [-0.3, -0.25) is 9.59 Å². The molecular formula is C21H18O6. The Balaban J connectivity index is 1.42. The molecule has 1 aromatic heterocycles. The maximum absolute atomic E-state index is 12.1. The molecule has 1 heterocycles. The standard InChI is InChI=1S/C21H18O6/c22-15-4-5-16(18(23)9-15)19(24)11-27-21(25)8-14-10-26-20-7-13-3-1-2-12(13)6-17(14)20/h4-7,9-10,22-23H,1-3,8,11H2. The van der Waals surface area contributed by atoms with Gasteiger partial charge in [0.15, 0.2) is 6.61 Å². The number of benzene rings is 2. The van der Waals surface area contributed by atoms with E-state index >= 15 is 0 Å². The summed E-state index contributed by atoms with van der Waals surface area (Å²) in [5, 5.41) is 19.9. The van der Waals surface area contributed by atoms with Gasteiger partial charge in [-0.25, -0.2) is 0 Å². The molecule has 27 heavy (non-hydrogen) atoms. The van der Waals surface area contributed by atoms with E-state index in [1.165, 1.54) is 23.3 Å². The topological polar surface area (TPSA) is 97.0 Å². The first kappa shape index (κ1) is 17.1. The van der Waals surface area contributed by atoms with E-state index in [1.807, 2.05) is 6.07 Å². The number of furan rings is 1. The SMILES string of the molecule is O=C(Cc1coc2cc3c(cc12)CCC3)OCC(=O)c1ccc(O)cc1O. The molecule has 1 aliphatic rings. The number of aromatic hydroxyl groups is 2. The molecule has 0 atom stereocenters. The molecule has 0 radical (unpaired) electrons. The second-order valence-corrected chi connectivity index (χ2v) is 6.69. The molecule has 3 aromatic rings. The average Bonchev–Trinajstić information content (AvgIpc) is 3.24. The van der Waals surface area contributed by atoms with E-state index < -0.39 is 18.4 Å². The third-order valence-corrected chi connectivity index (χ3v) is 4.85.